The Morgan fingerprint density at radius 3 is 2.54 bits per heavy atom. The number of carbonyl (C=O) groups is 1. The van der Waals surface area contributed by atoms with E-state index >= 15 is 0 Å². The van der Waals surface area contributed by atoms with Gasteiger partial charge in [-0.25, -0.2) is 0 Å². The molecule has 0 aliphatic rings. The number of amides is 1. The van der Waals surface area contributed by atoms with E-state index in [2.05, 4.69) is 22.6 Å². The Labute approximate surface area is 91.2 Å². The quantitative estimate of drug-likeness (QED) is 0.802. The molecule has 0 aliphatic heterocycles. The summed E-state index contributed by atoms with van der Waals surface area (Å²) < 4.78 is 5.98. The lowest BCUT2D eigenvalue weighted by Gasteiger charge is -2.16. The smallest absolute Gasteiger partial charge is 0.290 e. The molecule has 0 unspecified atom stereocenters. The fourth-order valence-electron chi connectivity index (χ4n) is 1.10. The molecule has 0 atom stereocenters. The molecule has 0 aliphatic carbocycles. The molecule has 13 heavy (non-hydrogen) atoms. The summed E-state index contributed by atoms with van der Waals surface area (Å²) in [7, 11) is 0. The van der Waals surface area contributed by atoms with Gasteiger partial charge < -0.3 is 9.32 Å². The molecule has 1 amide bonds. The summed E-state index contributed by atoms with van der Waals surface area (Å²) in [4.78, 5) is 13.5. The van der Waals surface area contributed by atoms with Crippen molar-refractivity contribution in [3.63, 3.8) is 0 Å². The molecule has 0 fully saturated rings. The number of nitrogens with zero attached hydrogens (tertiary/aromatic N) is 1. The van der Waals surface area contributed by atoms with Crippen LogP contribution < -0.4 is 0 Å². The van der Waals surface area contributed by atoms with Crippen molar-refractivity contribution in [2.75, 3.05) is 13.1 Å². The van der Waals surface area contributed by atoms with Crippen LogP contribution in [0.3, 0.4) is 0 Å². The third-order valence-electron chi connectivity index (χ3n) is 1.86. The number of halogens is 1. The van der Waals surface area contributed by atoms with Gasteiger partial charge in [-0.1, -0.05) is 0 Å². The zero-order valence-electron chi connectivity index (χ0n) is 7.71. The first-order valence-corrected chi connectivity index (χ1v) is 5.30. The molecular formula is C9H12INO2. The van der Waals surface area contributed by atoms with Gasteiger partial charge in [0.25, 0.3) is 5.91 Å². The lowest BCUT2D eigenvalue weighted by atomic mass is 10.4. The van der Waals surface area contributed by atoms with Crippen molar-refractivity contribution in [3.05, 3.63) is 21.7 Å². The Kier molecular flexibility index (Phi) is 3.77. The summed E-state index contributed by atoms with van der Waals surface area (Å²) >= 11 is 2.10. The second kappa shape index (κ2) is 4.64. The first-order chi connectivity index (χ1) is 6.20. The van der Waals surface area contributed by atoms with Crippen LogP contribution in [0.1, 0.15) is 24.4 Å². The Balaban J connectivity index is 2.84. The molecule has 0 saturated carbocycles. The van der Waals surface area contributed by atoms with Crippen LogP contribution in [0, 0.1) is 3.57 Å². The molecule has 0 aromatic carbocycles. The van der Waals surface area contributed by atoms with Crippen LogP contribution in [0.2, 0.25) is 0 Å². The molecule has 3 nitrogen and oxygen atoms in total. The second-order valence-corrected chi connectivity index (χ2v) is 3.74. The van der Waals surface area contributed by atoms with Crippen LogP contribution >= 0.6 is 22.6 Å². The first-order valence-electron chi connectivity index (χ1n) is 4.23. The van der Waals surface area contributed by atoms with E-state index in [4.69, 9.17) is 4.42 Å². The van der Waals surface area contributed by atoms with E-state index < -0.39 is 0 Å². The van der Waals surface area contributed by atoms with E-state index in [9.17, 15) is 4.79 Å². The zero-order valence-corrected chi connectivity index (χ0v) is 9.87. The Hall–Kier alpha value is -0.520. The van der Waals surface area contributed by atoms with Gasteiger partial charge in [-0.05, 0) is 42.5 Å². The van der Waals surface area contributed by atoms with E-state index in [0.717, 1.165) is 3.57 Å². The Morgan fingerprint density at radius 1 is 1.54 bits per heavy atom. The Bertz CT molecular complexity index is 292. The Morgan fingerprint density at radius 2 is 2.15 bits per heavy atom. The maximum absolute atomic E-state index is 11.7. The summed E-state index contributed by atoms with van der Waals surface area (Å²) in [6, 6.07) is 1.79. The molecule has 0 bridgehead atoms. The van der Waals surface area contributed by atoms with Crippen molar-refractivity contribution in [1.29, 1.82) is 0 Å². The normalized spacial score (nSPS) is 10.1. The third-order valence-corrected chi connectivity index (χ3v) is 2.71. The molecule has 0 saturated heterocycles. The largest absolute Gasteiger partial charge is 0.458 e. The standard InChI is InChI=1S/C9H12INO2/c1-3-11(4-2)9(12)8-7(10)5-6-13-8/h5-6H,3-4H2,1-2H3. The minimum atomic E-state index is -0.0283. The number of hydrogen-bond acceptors (Lipinski definition) is 2. The van der Waals surface area contributed by atoms with Crippen LogP contribution in [0.4, 0.5) is 0 Å². The fraction of sp³-hybridized carbons (Fsp3) is 0.444. The van der Waals surface area contributed by atoms with Gasteiger partial charge in [0.1, 0.15) is 0 Å². The molecule has 72 valence electrons. The molecule has 4 heteroatoms. The average molecular weight is 293 g/mol. The monoisotopic (exact) mass is 293 g/mol. The topological polar surface area (TPSA) is 33.5 Å². The zero-order chi connectivity index (χ0) is 9.84. The van der Waals surface area contributed by atoms with Gasteiger partial charge in [0.15, 0.2) is 0 Å². The first kappa shape index (κ1) is 10.6. The highest BCUT2D eigenvalue weighted by Crippen LogP contribution is 2.15. The van der Waals surface area contributed by atoms with Gasteiger partial charge in [0.05, 0.1) is 9.83 Å². The summed E-state index contributed by atoms with van der Waals surface area (Å²) in [6.07, 6.45) is 1.54. The van der Waals surface area contributed by atoms with Crippen molar-refractivity contribution in [2.24, 2.45) is 0 Å². The highest BCUT2D eigenvalue weighted by molar-refractivity contribution is 14.1. The third kappa shape index (κ3) is 2.24. The summed E-state index contributed by atoms with van der Waals surface area (Å²) in [5.41, 5.74) is 0. The van der Waals surface area contributed by atoms with Crippen LogP contribution in [-0.2, 0) is 0 Å². The molecule has 1 rings (SSSR count). The maximum atomic E-state index is 11.7. The number of furan rings is 1. The van der Waals surface area contributed by atoms with Crippen LogP contribution in [0.15, 0.2) is 16.7 Å². The SMILES string of the molecule is CCN(CC)C(=O)c1occc1I. The fourth-order valence-corrected chi connectivity index (χ4v) is 1.61. The molecule has 0 spiro atoms. The van der Waals surface area contributed by atoms with Crippen LogP contribution in [0.5, 0.6) is 0 Å². The van der Waals surface area contributed by atoms with E-state index in [1.54, 1.807) is 17.2 Å². The molecule has 1 heterocycles. The molecule has 1 aromatic heterocycles. The van der Waals surface area contributed by atoms with Crippen molar-refractivity contribution >= 4 is 28.5 Å². The van der Waals surface area contributed by atoms with E-state index in [1.807, 2.05) is 13.8 Å². The highest BCUT2D eigenvalue weighted by Gasteiger charge is 2.18. The molecule has 0 N–H and O–H groups in total. The van der Waals surface area contributed by atoms with Crippen molar-refractivity contribution in [1.82, 2.24) is 4.90 Å². The van der Waals surface area contributed by atoms with Crippen LogP contribution in [-0.4, -0.2) is 23.9 Å². The molecule has 1 aromatic rings. The van der Waals surface area contributed by atoms with Gasteiger partial charge >= 0.3 is 0 Å². The van der Waals surface area contributed by atoms with E-state index in [0.29, 0.717) is 18.8 Å². The minimum Gasteiger partial charge on any atom is -0.458 e. The minimum absolute atomic E-state index is 0.0283. The summed E-state index contributed by atoms with van der Waals surface area (Å²) in [6.45, 7) is 5.34. The van der Waals surface area contributed by atoms with Gasteiger partial charge in [-0.3, -0.25) is 4.79 Å². The highest BCUT2D eigenvalue weighted by atomic mass is 127. The summed E-state index contributed by atoms with van der Waals surface area (Å²) in [5.74, 6) is 0.420. The average Bonchev–Trinajstić information content (AvgIpc) is 2.53. The van der Waals surface area contributed by atoms with Crippen molar-refractivity contribution in [3.8, 4) is 0 Å². The van der Waals surface area contributed by atoms with Gasteiger partial charge in [0, 0.05) is 13.1 Å². The summed E-state index contributed by atoms with van der Waals surface area (Å²) in [5, 5.41) is 0. The maximum Gasteiger partial charge on any atom is 0.290 e. The predicted octanol–water partition coefficient (Wildman–Crippen LogP) is 2.37. The van der Waals surface area contributed by atoms with Crippen molar-refractivity contribution in [2.45, 2.75) is 13.8 Å². The van der Waals surface area contributed by atoms with Gasteiger partial charge in [0.2, 0.25) is 5.76 Å². The van der Waals surface area contributed by atoms with E-state index in [1.165, 1.54) is 0 Å². The number of carbonyl (C=O) groups excluding carboxylic acids is 1. The lowest BCUT2D eigenvalue weighted by molar-refractivity contribution is 0.0739. The van der Waals surface area contributed by atoms with Gasteiger partial charge in [-0.2, -0.15) is 0 Å². The number of rotatable bonds is 3. The lowest BCUT2D eigenvalue weighted by Crippen LogP contribution is -2.30. The van der Waals surface area contributed by atoms with Crippen molar-refractivity contribution < 1.29 is 9.21 Å². The van der Waals surface area contributed by atoms with E-state index in [-0.39, 0.29) is 5.91 Å². The number of hydrogen-bond donors (Lipinski definition) is 0. The predicted molar refractivity (Wildman–Crippen MR) is 58.7 cm³/mol. The van der Waals surface area contributed by atoms with Crippen LogP contribution in [0.25, 0.3) is 0 Å². The molecule has 0 radical (unpaired) electrons. The second-order valence-electron chi connectivity index (χ2n) is 2.58. The molecular weight excluding hydrogens is 281 g/mol. The van der Waals surface area contributed by atoms with Gasteiger partial charge in [-0.15, -0.1) is 0 Å².